The maximum Gasteiger partial charge on any atom is 0.330 e. The van der Waals surface area contributed by atoms with Gasteiger partial charge >= 0.3 is 5.97 Å². The van der Waals surface area contributed by atoms with E-state index in [-0.39, 0.29) is 5.91 Å². The number of carbonyl (C=O) groups excluding carboxylic acids is 2. The standard InChI is InChI=1S/C15H22N2O3/c1-15(2,14(19)20-4)17-13(18)12-8-6-5-7-11(12)9-10-16-3/h5-8,16H,9-10H2,1-4H3,(H,17,18). The molecule has 0 atom stereocenters. The molecule has 0 aliphatic carbocycles. The third kappa shape index (κ3) is 4.06. The van der Waals surface area contributed by atoms with Crippen molar-refractivity contribution in [2.45, 2.75) is 25.8 Å². The average Bonchev–Trinajstić information content (AvgIpc) is 2.43. The van der Waals surface area contributed by atoms with Gasteiger partial charge in [0, 0.05) is 5.56 Å². The summed E-state index contributed by atoms with van der Waals surface area (Å²) < 4.78 is 4.68. The van der Waals surface area contributed by atoms with Crippen LogP contribution in [0.2, 0.25) is 0 Å². The summed E-state index contributed by atoms with van der Waals surface area (Å²) >= 11 is 0. The molecule has 0 aliphatic heterocycles. The van der Waals surface area contributed by atoms with Crippen LogP contribution in [0.4, 0.5) is 0 Å². The lowest BCUT2D eigenvalue weighted by Crippen LogP contribution is -2.50. The van der Waals surface area contributed by atoms with Gasteiger partial charge in [0.2, 0.25) is 0 Å². The van der Waals surface area contributed by atoms with Gasteiger partial charge in [0.1, 0.15) is 5.54 Å². The Balaban J connectivity index is 2.90. The van der Waals surface area contributed by atoms with Crippen molar-refractivity contribution in [3.8, 4) is 0 Å². The summed E-state index contributed by atoms with van der Waals surface area (Å²) in [7, 11) is 3.17. The lowest BCUT2D eigenvalue weighted by molar-refractivity contribution is -0.146. The highest BCUT2D eigenvalue weighted by molar-refractivity contribution is 5.99. The van der Waals surface area contributed by atoms with E-state index in [0.717, 1.165) is 18.5 Å². The van der Waals surface area contributed by atoms with Gasteiger partial charge < -0.3 is 15.4 Å². The molecule has 2 N–H and O–H groups in total. The number of benzene rings is 1. The van der Waals surface area contributed by atoms with Gasteiger partial charge in [-0.1, -0.05) is 18.2 Å². The third-order valence-electron chi connectivity index (χ3n) is 3.03. The quantitative estimate of drug-likeness (QED) is 0.766. The highest BCUT2D eigenvalue weighted by atomic mass is 16.5. The molecule has 0 saturated carbocycles. The number of hydrogen-bond donors (Lipinski definition) is 2. The number of nitrogens with one attached hydrogen (secondary N) is 2. The third-order valence-corrected chi connectivity index (χ3v) is 3.03. The Labute approximate surface area is 119 Å². The molecule has 0 radical (unpaired) electrons. The van der Waals surface area contributed by atoms with Crippen LogP contribution in [0.1, 0.15) is 29.8 Å². The molecule has 5 nitrogen and oxygen atoms in total. The zero-order valence-electron chi connectivity index (χ0n) is 12.4. The topological polar surface area (TPSA) is 67.4 Å². The second-order valence-electron chi connectivity index (χ2n) is 5.08. The van der Waals surface area contributed by atoms with E-state index in [2.05, 4.69) is 15.4 Å². The Morgan fingerprint density at radius 2 is 1.90 bits per heavy atom. The number of amides is 1. The van der Waals surface area contributed by atoms with Gasteiger partial charge in [-0.2, -0.15) is 0 Å². The fraction of sp³-hybridized carbons (Fsp3) is 0.467. The lowest BCUT2D eigenvalue weighted by atomic mass is 10.0. The molecule has 0 spiro atoms. The van der Waals surface area contributed by atoms with E-state index in [1.807, 2.05) is 25.2 Å². The summed E-state index contributed by atoms with van der Waals surface area (Å²) in [6, 6.07) is 7.38. The number of ether oxygens (including phenoxy) is 1. The zero-order valence-corrected chi connectivity index (χ0v) is 12.4. The minimum atomic E-state index is -1.05. The first-order chi connectivity index (χ1) is 9.42. The van der Waals surface area contributed by atoms with Crippen molar-refractivity contribution in [3.05, 3.63) is 35.4 Å². The van der Waals surface area contributed by atoms with Crippen LogP contribution >= 0.6 is 0 Å². The van der Waals surface area contributed by atoms with Crippen molar-refractivity contribution >= 4 is 11.9 Å². The molecule has 0 unspecified atom stereocenters. The fourth-order valence-electron chi connectivity index (χ4n) is 1.88. The Bertz CT molecular complexity index is 484. The average molecular weight is 278 g/mol. The van der Waals surface area contributed by atoms with Crippen LogP contribution in [0.5, 0.6) is 0 Å². The van der Waals surface area contributed by atoms with Gasteiger partial charge in [-0.15, -0.1) is 0 Å². The maximum absolute atomic E-state index is 12.3. The molecule has 1 amide bonds. The van der Waals surface area contributed by atoms with Crippen LogP contribution in [-0.4, -0.2) is 38.1 Å². The first-order valence-electron chi connectivity index (χ1n) is 6.56. The van der Waals surface area contributed by atoms with Gasteiger partial charge in [-0.25, -0.2) is 4.79 Å². The van der Waals surface area contributed by atoms with E-state index in [9.17, 15) is 9.59 Å². The van der Waals surface area contributed by atoms with Crippen molar-refractivity contribution in [3.63, 3.8) is 0 Å². The van der Waals surface area contributed by atoms with Crippen molar-refractivity contribution in [2.75, 3.05) is 20.7 Å². The van der Waals surface area contributed by atoms with Gasteiger partial charge in [-0.3, -0.25) is 4.79 Å². The number of esters is 1. The highest BCUT2D eigenvalue weighted by Crippen LogP contribution is 2.12. The minimum Gasteiger partial charge on any atom is -0.467 e. The molecule has 0 heterocycles. The van der Waals surface area contributed by atoms with Crippen molar-refractivity contribution in [1.82, 2.24) is 10.6 Å². The molecule has 1 rings (SSSR count). The predicted octanol–water partition coefficient (Wildman–Crippen LogP) is 1.13. The Hall–Kier alpha value is -1.88. The number of methoxy groups -OCH3 is 1. The van der Waals surface area contributed by atoms with E-state index < -0.39 is 11.5 Å². The SMILES string of the molecule is CNCCc1ccccc1C(=O)NC(C)(C)C(=O)OC. The van der Waals surface area contributed by atoms with E-state index >= 15 is 0 Å². The number of rotatable bonds is 6. The predicted molar refractivity (Wildman–Crippen MR) is 77.6 cm³/mol. The summed E-state index contributed by atoms with van der Waals surface area (Å²) in [5, 5.41) is 5.76. The molecule has 20 heavy (non-hydrogen) atoms. The van der Waals surface area contributed by atoms with Gasteiger partial charge in [-0.05, 0) is 45.5 Å². The zero-order chi connectivity index (χ0) is 15.2. The smallest absolute Gasteiger partial charge is 0.330 e. The number of carbonyl (C=O) groups is 2. The van der Waals surface area contributed by atoms with Crippen molar-refractivity contribution in [2.24, 2.45) is 0 Å². The maximum atomic E-state index is 12.3. The first kappa shape index (κ1) is 16.2. The normalized spacial score (nSPS) is 11.0. The summed E-state index contributed by atoms with van der Waals surface area (Å²) in [5.74, 6) is -0.745. The molecule has 0 saturated heterocycles. The van der Waals surface area contributed by atoms with E-state index in [1.165, 1.54) is 7.11 Å². The molecule has 5 heteroatoms. The largest absolute Gasteiger partial charge is 0.467 e. The first-order valence-corrected chi connectivity index (χ1v) is 6.56. The van der Waals surface area contributed by atoms with E-state index in [1.54, 1.807) is 19.9 Å². The fourth-order valence-corrected chi connectivity index (χ4v) is 1.88. The Morgan fingerprint density at radius 1 is 1.25 bits per heavy atom. The summed E-state index contributed by atoms with van der Waals surface area (Å²) in [5.41, 5.74) is 0.474. The molecular weight excluding hydrogens is 256 g/mol. The molecule has 0 bridgehead atoms. The summed E-state index contributed by atoms with van der Waals surface area (Å²) in [4.78, 5) is 23.9. The van der Waals surface area contributed by atoms with Crippen LogP contribution in [-0.2, 0) is 16.0 Å². The van der Waals surface area contributed by atoms with Crippen LogP contribution in [0.3, 0.4) is 0 Å². The van der Waals surface area contributed by atoms with E-state index in [0.29, 0.717) is 5.56 Å². The molecule has 110 valence electrons. The Morgan fingerprint density at radius 3 is 2.50 bits per heavy atom. The highest BCUT2D eigenvalue weighted by Gasteiger charge is 2.31. The molecular formula is C15H22N2O3. The summed E-state index contributed by atoms with van der Waals surface area (Å²) in [6.45, 7) is 4.02. The monoisotopic (exact) mass is 278 g/mol. The van der Waals surface area contributed by atoms with Crippen LogP contribution in [0.25, 0.3) is 0 Å². The second kappa shape index (κ2) is 7.05. The van der Waals surface area contributed by atoms with Gasteiger partial charge in [0.15, 0.2) is 0 Å². The second-order valence-corrected chi connectivity index (χ2v) is 5.08. The van der Waals surface area contributed by atoms with Gasteiger partial charge in [0.05, 0.1) is 7.11 Å². The number of likely N-dealkylation sites (N-methyl/N-ethyl adjacent to an activating group) is 1. The van der Waals surface area contributed by atoms with Crippen LogP contribution in [0, 0.1) is 0 Å². The molecule has 0 aliphatic rings. The van der Waals surface area contributed by atoms with E-state index in [4.69, 9.17) is 0 Å². The van der Waals surface area contributed by atoms with Crippen LogP contribution < -0.4 is 10.6 Å². The Kier molecular flexibility index (Phi) is 5.70. The minimum absolute atomic E-state index is 0.271. The van der Waals surface area contributed by atoms with Crippen LogP contribution in [0.15, 0.2) is 24.3 Å². The number of hydrogen-bond acceptors (Lipinski definition) is 4. The van der Waals surface area contributed by atoms with Gasteiger partial charge in [0.25, 0.3) is 5.91 Å². The van der Waals surface area contributed by atoms with Crippen molar-refractivity contribution in [1.29, 1.82) is 0 Å². The lowest BCUT2D eigenvalue weighted by Gasteiger charge is -2.23. The molecule has 1 aromatic carbocycles. The summed E-state index contributed by atoms with van der Waals surface area (Å²) in [6.07, 6.45) is 0.749. The molecule has 0 fully saturated rings. The molecule has 1 aromatic rings. The molecule has 0 aromatic heterocycles. The van der Waals surface area contributed by atoms with Crippen molar-refractivity contribution < 1.29 is 14.3 Å².